The number of imide groups is 1. The number of nitrogens with zero attached hydrogens (tertiary/aromatic N) is 1. The van der Waals surface area contributed by atoms with Crippen molar-refractivity contribution in [2.45, 2.75) is 38.0 Å². The van der Waals surface area contributed by atoms with Gasteiger partial charge in [-0.2, -0.15) is 0 Å². The van der Waals surface area contributed by atoms with Gasteiger partial charge in [0.1, 0.15) is 0 Å². The Kier molecular flexibility index (Phi) is 5.59. The number of carbonyl (C=O) groups excluding carboxylic acids is 4. The molecule has 0 radical (unpaired) electrons. The fourth-order valence-electron chi connectivity index (χ4n) is 4.42. The van der Waals surface area contributed by atoms with E-state index in [9.17, 15) is 19.2 Å². The van der Waals surface area contributed by atoms with Gasteiger partial charge in [-0.25, -0.2) is 0 Å². The second-order valence-corrected chi connectivity index (χ2v) is 8.12. The maximum atomic E-state index is 12.7. The topological polar surface area (TPSA) is 95.6 Å². The van der Waals surface area contributed by atoms with E-state index in [0.29, 0.717) is 31.5 Å². The van der Waals surface area contributed by atoms with Crippen LogP contribution in [0.1, 0.15) is 38.2 Å². The quantitative estimate of drug-likeness (QED) is 0.729. The molecule has 2 atom stereocenters. The minimum Gasteiger partial charge on any atom is -0.326 e. The van der Waals surface area contributed by atoms with Gasteiger partial charge in [-0.05, 0) is 42.7 Å². The molecule has 4 rings (SSSR count). The van der Waals surface area contributed by atoms with Gasteiger partial charge in [-0.3, -0.25) is 24.5 Å². The molecule has 4 amide bonds. The van der Waals surface area contributed by atoms with Crippen LogP contribution in [0, 0.1) is 5.92 Å². The molecule has 7 heteroatoms. The minimum atomic E-state index is -0.732. The zero-order chi connectivity index (χ0) is 22.0. The third kappa shape index (κ3) is 3.95. The molecule has 2 aromatic carbocycles. The lowest BCUT2D eigenvalue weighted by molar-refractivity contribution is -0.138. The molecule has 0 aromatic heterocycles. The van der Waals surface area contributed by atoms with Crippen LogP contribution in [-0.2, 0) is 24.6 Å². The van der Waals surface area contributed by atoms with E-state index in [-0.39, 0.29) is 30.0 Å². The Morgan fingerprint density at radius 3 is 2.45 bits per heavy atom. The molecule has 2 saturated heterocycles. The molecule has 2 fully saturated rings. The first-order valence-electron chi connectivity index (χ1n) is 10.5. The Morgan fingerprint density at radius 1 is 1.10 bits per heavy atom. The van der Waals surface area contributed by atoms with Crippen LogP contribution < -0.4 is 15.5 Å². The molecule has 7 nitrogen and oxygen atoms in total. The first-order valence-corrected chi connectivity index (χ1v) is 10.5. The fraction of sp³-hybridized carbons (Fsp3) is 0.333. The highest BCUT2D eigenvalue weighted by atomic mass is 16.2. The number of hydrogen-bond acceptors (Lipinski definition) is 4. The first kappa shape index (κ1) is 20.8. The lowest BCUT2D eigenvalue weighted by Gasteiger charge is -2.35. The van der Waals surface area contributed by atoms with E-state index < -0.39 is 11.3 Å². The lowest BCUT2D eigenvalue weighted by Crippen LogP contribution is -2.51. The van der Waals surface area contributed by atoms with Crippen LogP contribution in [0.15, 0.2) is 54.6 Å². The summed E-state index contributed by atoms with van der Waals surface area (Å²) in [7, 11) is 0. The van der Waals surface area contributed by atoms with Crippen molar-refractivity contribution in [1.82, 2.24) is 5.32 Å². The summed E-state index contributed by atoms with van der Waals surface area (Å²) in [6.07, 6.45) is 1.54. The normalized spacial score (nSPS) is 23.6. The molecule has 31 heavy (non-hydrogen) atoms. The van der Waals surface area contributed by atoms with Gasteiger partial charge in [0.25, 0.3) is 0 Å². The summed E-state index contributed by atoms with van der Waals surface area (Å²) < 4.78 is 0. The molecular formula is C24H25N3O4. The summed E-state index contributed by atoms with van der Waals surface area (Å²) >= 11 is 0. The van der Waals surface area contributed by atoms with Gasteiger partial charge >= 0.3 is 0 Å². The molecule has 0 saturated carbocycles. The molecule has 0 spiro atoms. The average Bonchev–Trinajstić information content (AvgIpc) is 3.17. The molecular weight excluding hydrogens is 394 g/mol. The highest BCUT2D eigenvalue weighted by molar-refractivity contribution is 6.04. The number of benzene rings is 2. The average molecular weight is 419 g/mol. The Bertz CT molecular complexity index is 1020. The predicted molar refractivity (Wildman–Crippen MR) is 116 cm³/mol. The maximum absolute atomic E-state index is 12.7. The second kappa shape index (κ2) is 8.34. The van der Waals surface area contributed by atoms with Crippen LogP contribution in [0.25, 0.3) is 0 Å². The Hall–Kier alpha value is -3.48. The molecule has 0 bridgehead atoms. The summed E-state index contributed by atoms with van der Waals surface area (Å²) in [5, 5.41) is 5.32. The highest BCUT2D eigenvalue weighted by Crippen LogP contribution is 2.36. The third-order valence-electron chi connectivity index (χ3n) is 6.34. The SMILES string of the molecule is CCC1(c2ccc(NC(=O)C3CC(=O)N(c4ccccc4)C3)cc2)CCC(=O)NC1=O. The largest absolute Gasteiger partial charge is 0.326 e. The van der Waals surface area contributed by atoms with Gasteiger partial charge in [-0.1, -0.05) is 37.3 Å². The van der Waals surface area contributed by atoms with Crippen molar-refractivity contribution in [1.29, 1.82) is 0 Å². The molecule has 2 unspecified atom stereocenters. The van der Waals surface area contributed by atoms with E-state index in [1.807, 2.05) is 49.4 Å². The highest BCUT2D eigenvalue weighted by Gasteiger charge is 2.42. The van der Waals surface area contributed by atoms with Crippen molar-refractivity contribution in [2.24, 2.45) is 5.92 Å². The molecule has 2 N–H and O–H groups in total. The monoisotopic (exact) mass is 419 g/mol. The molecule has 0 aliphatic carbocycles. The number of carbonyl (C=O) groups is 4. The van der Waals surface area contributed by atoms with Crippen molar-refractivity contribution < 1.29 is 19.2 Å². The summed E-state index contributed by atoms with van der Waals surface area (Å²) in [6, 6.07) is 16.5. The third-order valence-corrected chi connectivity index (χ3v) is 6.34. The number of para-hydroxylation sites is 1. The number of anilines is 2. The van der Waals surface area contributed by atoms with Gasteiger partial charge < -0.3 is 10.2 Å². The zero-order valence-electron chi connectivity index (χ0n) is 17.4. The van der Waals surface area contributed by atoms with Crippen molar-refractivity contribution in [3.63, 3.8) is 0 Å². The summed E-state index contributed by atoms with van der Waals surface area (Å²) in [5.41, 5.74) is 1.49. The van der Waals surface area contributed by atoms with Gasteiger partial charge in [0.15, 0.2) is 0 Å². The van der Waals surface area contributed by atoms with Gasteiger partial charge in [0.05, 0.1) is 11.3 Å². The Labute approximate surface area is 180 Å². The van der Waals surface area contributed by atoms with Crippen LogP contribution in [0.5, 0.6) is 0 Å². The molecule has 2 heterocycles. The van der Waals surface area contributed by atoms with E-state index >= 15 is 0 Å². The van der Waals surface area contributed by atoms with E-state index in [2.05, 4.69) is 10.6 Å². The van der Waals surface area contributed by atoms with Crippen LogP contribution in [-0.4, -0.2) is 30.2 Å². The Morgan fingerprint density at radius 2 is 1.81 bits per heavy atom. The van der Waals surface area contributed by atoms with Crippen molar-refractivity contribution in [2.75, 3.05) is 16.8 Å². The fourth-order valence-corrected chi connectivity index (χ4v) is 4.42. The standard InChI is InChI=1S/C24H25N3O4/c1-2-24(13-12-20(28)26-23(24)31)17-8-10-18(11-9-17)25-22(30)16-14-21(29)27(15-16)19-6-4-3-5-7-19/h3-11,16H,2,12-15H2,1H3,(H,25,30)(H,26,28,31). The van der Waals surface area contributed by atoms with Gasteiger partial charge in [0, 0.05) is 30.8 Å². The van der Waals surface area contributed by atoms with E-state index in [0.717, 1.165) is 11.3 Å². The van der Waals surface area contributed by atoms with Crippen LogP contribution >= 0.6 is 0 Å². The van der Waals surface area contributed by atoms with Crippen LogP contribution in [0.3, 0.4) is 0 Å². The molecule has 2 aromatic rings. The van der Waals surface area contributed by atoms with E-state index in [1.54, 1.807) is 17.0 Å². The number of amides is 4. The summed E-state index contributed by atoms with van der Waals surface area (Å²) in [4.78, 5) is 50.8. The van der Waals surface area contributed by atoms with Crippen molar-refractivity contribution in [3.8, 4) is 0 Å². The Balaban J connectivity index is 1.43. The number of nitrogens with one attached hydrogen (secondary N) is 2. The van der Waals surface area contributed by atoms with E-state index in [1.165, 1.54) is 0 Å². The number of rotatable bonds is 5. The van der Waals surface area contributed by atoms with Crippen LogP contribution in [0.4, 0.5) is 11.4 Å². The second-order valence-electron chi connectivity index (χ2n) is 8.12. The van der Waals surface area contributed by atoms with E-state index in [4.69, 9.17) is 0 Å². The predicted octanol–water partition coefficient (Wildman–Crippen LogP) is 2.76. The first-order chi connectivity index (χ1) is 14.9. The van der Waals surface area contributed by atoms with Crippen LogP contribution in [0.2, 0.25) is 0 Å². The number of hydrogen-bond donors (Lipinski definition) is 2. The maximum Gasteiger partial charge on any atom is 0.237 e. The van der Waals surface area contributed by atoms with Crippen molar-refractivity contribution in [3.05, 3.63) is 60.2 Å². The number of piperidine rings is 1. The molecule has 160 valence electrons. The minimum absolute atomic E-state index is 0.0653. The van der Waals surface area contributed by atoms with Crippen molar-refractivity contribution >= 4 is 35.0 Å². The summed E-state index contributed by atoms with van der Waals surface area (Å²) in [5.74, 6) is -1.21. The zero-order valence-corrected chi connectivity index (χ0v) is 17.4. The lowest BCUT2D eigenvalue weighted by atomic mass is 9.72. The van der Waals surface area contributed by atoms with Gasteiger partial charge in [-0.15, -0.1) is 0 Å². The molecule has 2 aliphatic rings. The van der Waals surface area contributed by atoms with Gasteiger partial charge in [0.2, 0.25) is 23.6 Å². The molecule has 2 aliphatic heterocycles. The smallest absolute Gasteiger partial charge is 0.237 e. The summed E-state index contributed by atoms with van der Waals surface area (Å²) in [6.45, 7) is 2.28.